The lowest BCUT2D eigenvalue weighted by Crippen LogP contribution is -2.59. The fourth-order valence-electron chi connectivity index (χ4n) is 12.2. The first kappa shape index (κ1) is 62.0. The molecule has 6 fully saturated rings. The van der Waals surface area contributed by atoms with Gasteiger partial charge in [-0.2, -0.15) is 9.97 Å². The highest BCUT2D eigenvalue weighted by Crippen LogP contribution is 2.53. The summed E-state index contributed by atoms with van der Waals surface area (Å²) in [6.45, 7) is 11.5. The summed E-state index contributed by atoms with van der Waals surface area (Å²) in [4.78, 5) is 37.3. The molecule has 4 aromatic carbocycles. The predicted molar refractivity (Wildman–Crippen MR) is 347 cm³/mol. The molecule has 0 amide bonds. The summed E-state index contributed by atoms with van der Waals surface area (Å²) in [7, 11) is 4.21. The SMILES string of the molecule is CN(C)C1CCC2(CC1)CN(c1ccc(Nc3ncc(Cl)c(Nc4ccccc4P(C)(C)=O)n3)cc1C1CC1)C2.CNC.CO.CP(C)(=O)c1ccccc1Nc1nc(Nc2ccc(N3CC4(CCC(=O)CC4)C3)c(C3CC3)c2)ncc1Cl. The number of benzene rings is 4. The molecule has 6 aromatic rings. The van der Waals surface area contributed by atoms with E-state index in [2.05, 4.69) is 112 Å². The largest absolute Gasteiger partial charge is 0.400 e. The minimum atomic E-state index is -2.49. The smallest absolute Gasteiger partial charge is 0.229 e. The average molecular weight is 1210 g/mol. The predicted octanol–water partition coefficient (Wildman–Crippen LogP) is 13.2. The number of carbonyl (C=O) groups excluding carboxylic acids is 1. The maximum absolute atomic E-state index is 12.8. The lowest BCUT2D eigenvalue weighted by molar-refractivity contribution is -0.122. The molecule has 6 aliphatic rings. The second-order valence-corrected chi connectivity index (χ2v) is 31.7. The van der Waals surface area contributed by atoms with Gasteiger partial charge in [-0.25, -0.2) is 9.97 Å². The topological polar surface area (TPSA) is 193 Å². The Labute approximate surface area is 501 Å². The summed E-state index contributed by atoms with van der Waals surface area (Å²) in [6, 6.07) is 29.1. The molecule has 4 aliphatic carbocycles. The number of anilines is 10. The number of aromatic nitrogens is 4. The van der Waals surface area contributed by atoms with Crippen LogP contribution in [0.15, 0.2) is 97.3 Å². The highest BCUT2D eigenvalue weighted by molar-refractivity contribution is 7.70. The molecule has 6 N–H and O–H groups in total. The first-order valence-electron chi connectivity index (χ1n) is 29.1. The van der Waals surface area contributed by atoms with Crippen molar-refractivity contribution in [3.63, 3.8) is 0 Å². The summed E-state index contributed by atoms with van der Waals surface area (Å²) < 4.78 is 25.6. The van der Waals surface area contributed by atoms with Crippen LogP contribution in [-0.2, 0) is 13.9 Å². The summed E-state index contributed by atoms with van der Waals surface area (Å²) in [5.74, 6) is 3.50. The molecular formula is C63H84Cl2N12O4P2. The van der Waals surface area contributed by atoms with Crippen LogP contribution >= 0.6 is 37.5 Å². The first-order valence-corrected chi connectivity index (χ1v) is 35.1. The number of aliphatic hydroxyl groups excluding tert-OH is 1. The van der Waals surface area contributed by atoms with Gasteiger partial charge in [-0.3, -0.25) is 4.79 Å². The van der Waals surface area contributed by atoms with Gasteiger partial charge in [0.05, 0.1) is 23.8 Å². The van der Waals surface area contributed by atoms with Crippen molar-refractivity contribution in [3.8, 4) is 0 Å². The number of halogens is 2. The molecule has 2 spiro atoms. The average Bonchev–Trinajstić information content (AvgIpc) is 4.14. The van der Waals surface area contributed by atoms with Gasteiger partial charge in [0, 0.05) is 96.4 Å². The van der Waals surface area contributed by atoms with Crippen molar-refractivity contribution in [2.75, 3.05) is 119 Å². The second kappa shape index (κ2) is 26.4. The van der Waals surface area contributed by atoms with Gasteiger partial charge in [0.25, 0.3) is 0 Å². The molecule has 4 saturated carbocycles. The van der Waals surface area contributed by atoms with Gasteiger partial charge in [0.1, 0.15) is 30.1 Å². The van der Waals surface area contributed by atoms with E-state index in [4.69, 9.17) is 28.3 Å². The summed E-state index contributed by atoms with van der Waals surface area (Å²) in [5.41, 5.74) is 9.74. The number of carbonyl (C=O) groups is 1. The van der Waals surface area contributed by atoms with Gasteiger partial charge >= 0.3 is 0 Å². The minimum absolute atomic E-state index is 0.327. The molecular weight excluding hydrogens is 1120 g/mol. The Kier molecular flexibility index (Phi) is 19.7. The molecule has 20 heteroatoms. The van der Waals surface area contributed by atoms with Gasteiger partial charge in [-0.05, 0) is 203 Å². The van der Waals surface area contributed by atoms with E-state index in [1.54, 1.807) is 39.1 Å². The molecule has 0 atom stereocenters. The van der Waals surface area contributed by atoms with Crippen molar-refractivity contribution in [2.45, 2.75) is 94.9 Å². The van der Waals surface area contributed by atoms with E-state index in [9.17, 15) is 13.9 Å². The lowest BCUT2D eigenvalue weighted by atomic mass is 9.67. The summed E-state index contributed by atoms with van der Waals surface area (Å²) in [6.07, 6.45) is 17.0. The number of hydrogen-bond donors (Lipinski definition) is 6. The van der Waals surface area contributed by atoms with Gasteiger partial charge in [0.15, 0.2) is 11.6 Å². The fraction of sp³-hybridized carbons (Fsp3) is 0.476. The van der Waals surface area contributed by atoms with Crippen LogP contribution in [0.5, 0.6) is 0 Å². The van der Waals surface area contributed by atoms with Crippen LogP contribution in [0.3, 0.4) is 0 Å². The van der Waals surface area contributed by atoms with E-state index in [0.717, 1.165) is 85.3 Å². The highest BCUT2D eigenvalue weighted by Gasteiger charge is 2.48. The van der Waals surface area contributed by atoms with Crippen molar-refractivity contribution in [3.05, 3.63) is 118 Å². The van der Waals surface area contributed by atoms with Crippen LogP contribution < -0.4 is 47.0 Å². The van der Waals surface area contributed by atoms with Crippen LogP contribution in [0.2, 0.25) is 10.0 Å². The highest BCUT2D eigenvalue weighted by atomic mass is 35.5. The van der Waals surface area contributed by atoms with Crippen LogP contribution in [0.25, 0.3) is 0 Å². The molecule has 444 valence electrons. The van der Waals surface area contributed by atoms with Gasteiger partial charge in [-0.15, -0.1) is 0 Å². The van der Waals surface area contributed by atoms with Gasteiger partial charge in [0.2, 0.25) is 11.9 Å². The zero-order valence-corrected chi connectivity index (χ0v) is 53.0. The molecule has 12 rings (SSSR count). The van der Waals surface area contributed by atoms with Crippen molar-refractivity contribution in [2.24, 2.45) is 10.8 Å². The number of hydrogen-bond acceptors (Lipinski definition) is 16. The van der Waals surface area contributed by atoms with E-state index in [0.29, 0.717) is 62.0 Å². The van der Waals surface area contributed by atoms with E-state index >= 15 is 0 Å². The Morgan fingerprint density at radius 1 is 0.578 bits per heavy atom. The Balaban J connectivity index is 0.000000186. The molecule has 0 bridgehead atoms. The number of nitrogens with one attached hydrogen (secondary N) is 5. The molecule has 16 nitrogen and oxygen atoms in total. The standard InChI is InChI=1S/C31H40ClN6OP.C29H33ClN5O2P.C2H7N.CH4O/c1-37(2)23-13-15-31(16-14-23)19-38(20-31)27-12-11-22(17-24(27)21-9-10-21)34-30-33-18-25(32)29(36-30)35-26-7-5-6-8-28(26)40(3,4)39;1-38(2,37)26-6-4-3-5-24(26)33-27-23(30)16-31-28(34-27)32-20-9-10-25(22(15-20)19-7-8-19)35-17-29(18-35)13-11-21(36)12-14-29;1-3-2;1-2/h5-8,11-12,17-18,21,23H,9-10,13-16,19-20H2,1-4H3,(H2,33,34,35,36);3-6,9-10,15-16,19H,7-8,11-14,17-18H2,1-2H3,(H2,31,32,33,34);3H,1-2H3;2H,1H3. The maximum Gasteiger partial charge on any atom is 0.229 e. The molecule has 4 heterocycles. The molecule has 2 aromatic heterocycles. The fourth-order valence-corrected chi connectivity index (χ4v) is 14.8. The van der Waals surface area contributed by atoms with E-state index < -0.39 is 14.3 Å². The molecule has 2 saturated heterocycles. The number of Topliss-reactive ketones (excluding diaryl/α,β-unsaturated/α-hetero) is 1. The summed E-state index contributed by atoms with van der Waals surface area (Å²) in [5, 5.41) is 25.4. The molecule has 83 heavy (non-hydrogen) atoms. The Morgan fingerprint density at radius 2 is 0.964 bits per heavy atom. The zero-order valence-electron chi connectivity index (χ0n) is 49.7. The summed E-state index contributed by atoms with van der Waals surface area (Å²) >= 11 is 12.9. The third-order valence-corrected chi connectivity index (χ3v) is 20.6. The first-order chi connectivity index (χ1) is 39.7. The van der Waals surface area contributed by atoms with Crippen molar-refractivity contribution in [1.82, 2.24) is 30.2 Å². The molecule has 0 unspecified atom stereocenters. The van der Waals surface area contributed by atoms with Gasteiger partial charge < -0.3 is 55.5 Å². The van der Waals surface area contributed by atoms with Crippen LogP contribution in [0.1, 0.15) is 100 Å². The van der Waals surface area contributed by atoms with Crippen molar-refractivity contribution < 1.29 is 19.0 Å². The quantitative estimate of drug-likeness (QED) is 0.0532. The lowest BCUT2D eigenvalue weighted by Gasteiger charge is -2.55. The number of rotatable bonds is 15. The van der Waals surface area contributed by atoms with E-state index in [-0.39, 0.29) is 0 Å². The molecule has 0 radical (unpaired) electrons. The van der Waals surface area contributed by atoms with Crippen molar-refractivity contribution >= 4 is 112 Å². The number of nitrogens with zero attached hydrogens (tertiary/aromatic N) is 7. The third-order valence-electron chi connectivity index (χ3n) is 17.0. The minimum Gasteiger partial charge on any atom is -0.400 e. The monoisotopic (exact) mass is 1200 g/mol. The Hall–Kier alpha value is -5.57. The van der Waals surface area contributed by atoms with Crippen LogP contribution in [0.4, 0.5) is 57.7 Å². The second-order valence-electron chi connectivity index (χ2n) is 24.6. The van der Waals surface area contributed by atoms with Crippen molar-refractivity contribution in [1.29, 1.82) is 0 Å². The zero-order chi connectivity index (χ0) is 59.3. The maximum atomic E-state index is 12.8. The number of aliphatic hydroxyl groups is 1. The number of ketones is 1. The Morgan fingerprint density at radius 3 is 1.34 bits per heavy atom. The van der Waals surface area contributed by atoms with Gasteiger partial charge in [-0.1, -0.05) is 47.5 Å². The van der Waals surface area contributed by atoms with E-state index in [1.807, 2.05) is 62.6 Å². The normalized spacial score (nSPS) is 18.1. The molecule has 2 aliphatic heterocycles. The number of para-hydroxylation sites is 2. The van der Waals surface area contributed by atoms with Crippen LogP contribution in [-0.4, -0.2) is 130 Å². The van der Waals surface area contributed by atoms with E-state index in [1.165, 1.54) is 87.0 Å². The van der Waals surface area contributed by atoms with Crippen LogP contribution in [0, 0.1) is 10.8 Å². The third kappa shape index (κ3) is 15.3. The Bertz CT molecular complexity index is 3330.